The van der Waals surface area contributed by atoms with Crippen molar-refractivity contribution in [3.05, 3.63) is 52.2 Å². The smallest absolute Gasteiger partial charge is 0.138 e. The quantitative estimate of drug-likeness (QED) is 0.779. The lowest BCUT2D eigenvalue weighted by Gasteiger charge is -2.13. The number of anilines is 1. The molecule has 0 amide bonds. The predicted molar refractivity (Wildman–Crippen MR) is 88.1 cm³/mol. The first-order valence-corrected chi connectivity index (χ1v) is 8.08. The third kappa shape index (κ3) is 2.10. The summed E-state index contributed by atoms with van der Waals surface area (Å²) in [6, 6.07) is 9.13. The number of rotatable bonds is 2. The minimum atomic E-state index is 0.431. The van der Waals surface area contributed by atoms with Crippen molar-refractivity contribution in [1.82, 2.24) is 9.97 Å². The van der Waals surface area contributed by atoms with Gasteiger partial charge in [-0.15, -0.1) is 11.3 Å². The van der Waals surface area contributed by atoms with Crippen LogP contribution in [0.4, 0.5) is 5.82 Å². The Labute approximate surface area is 128 Å². The van der Waals surface area contributed by atoms with Gasteiger partial charge in [0.25, 0.3) is 0 Å². The second-order valence-corrected chi connectivity index (χ2v) is 6.91. The second kappa shape index (κ2) is 4.81. The lowest BCUT2D eigenvalue weighted by molar-refractivity contribution is 0.770. The van der Waals surface area contributed by atoms with Crippen molar-refractivity contribution >= 4 is 27.4 Å². The van der Waals surface area contributed by atoms with E-state index >= 15 is 0 Å². The molecule has 4 rings (SSSR count). The van der Waals surface area contributed by atoms with Crippen molar-refractivity contribution in [3.63, 3.8) is 0 Å². The van der Waals surface area contributed by atoms with E-state index in [4.69, 9.17) is 0 Å². The van der Waals surface area contributed by atoms with Gasteiger partial charge in [0, 0.05) is 10.9 Å². The second-order valence-electron chi connectivity index (χ2n) is 5.70. The van der Waals surface area contributed by atoms with Crippen LogP contribution in [0.5, 0.6) is 0 Å². The molecule has 0 bridgehead atoms. The van der Waals surface area contributed by atoms with Gasteiger partial charge < -0.3 is 5.32 Å². The Morgan fingerprint density at radius 3 is 2.52 bits per heavy atom. The molecule has 3 nitrogen and oxygen atoms in total. The van der Waals surface area contributed by atoms with Crippen LogP contribution in [-0.2, 0) is 12.8 Å². The van der Waals surface area contributed by atoms with Crippen LogP contribution in [0.1, 0.15) is 21.6 Å². The number of hydrogen-bond acceptors (Lipinski definition) is 4. The van der Waals surface area contributed by atoms with Crippen LogP contribution in [0, 0.1) is 13.8 Å². The van der Waals surface area contributed by atoms with Gasteiger partial charge in [-0.25, -0.2) is 9.97 Å². The molecule has 0 aliphatic heterocycles. The molecule has 0 atom stereocenters. The standard InChI is InChI=1S/C17H17N3S/c1-10-11(2)21-17-15(10)16(18-9-19-17)20-14-7-12-5-3-4-6-13(12)8-14/h3-6,9,14H,7-8H2,1-2H3,(H,18,19,20). The molecule has 0 spiro atoms. The molecule has 1 aliphatic rings. The molecule has 0 radical (unpaired) electrons. The number of hydrogen-bond donors (Lipinski definition) is 1. The SMILES string of the molecule is Cc1sc2ncnc(NC3Cc4ccccc4C3)c2c1C. The molecule has 2 heterocycles. The van der Waals surface area contributed by atoms with Crippen molar-refractivity contribution in [2.75, 3.05) is 5.32 Å². The summed E-state index contributed by atoms with van der Waals surface area (Å²) in [7, 11) is 0. The van der Waals surface area contributed by atoms with Crippen molar-refractivity contribution < 1.29 is 0 Å². The Morgan fingerprint density at radius 2 is 1.81 bits per heavy atom. The molecule has 0 saturated carbocycles. The Kier molecular flexibility index (Phi) is 2.93. The number of nitrogens with zero attached hydrogens (tertiary/aromatic N) is 2. The van der Waals surface area contributed by atoms with Crippen LogP contribution in [0.25, 0.3) is 10.2 Å². The summed E-state index contributed by atoms with van der Waals surface area (Å²) in [5.74, 6) is 0.986. The van der Waals surface area contributed by atoms with E-state index in [9.17, 15) is 0 Å². The molecule has 4 heteroatoms. The van der Waals surface area contributed by atoms with Gasteiger partial charge >= 0.3 is 0 Å². The molecule has 1 N–H and O–H groups in total. The molecular formula is C17H17N3S. The van der Waals surface area contributed by atoms with E-state index in [1.807, 2.05) is 0 Å². The van der Waals surface area contributed by atoms with Gasteiger partial charge in [0.15, 0.2) is 0 Å². The van der Waals surface area contributed by atoms with E-state index in [2.05, 4.69) is 53.4 Å². The number of benzene rings is 1. The van der Waals surface area contributed by atoms with E-state index in [1.54, 1.807) is 17.7 Å². The number of fused-ring (bicyclic) bond motifs is 2. The van der Waals surface area contributed by atoms with E-state index in [0.29, 0.717) is 6.04 Å². The van der Waals surface area contributed by atoms with Crippen molar-refractivity contribution in [1.29, 1.82) is 0 Å². The summed E-state index contributed by atoms with van der Waals surface area (Å²) in [5, 5.41) is 4.83. The Hall–Kier alpha value is -1.94. The van der Waals surface area contributed by atoms with Gasteiger partial charge in [-0.05, 0) is 43.4 Å². The monoisotopic (exact) mass is 295 g/mol. The average Bonchev–Trinajstić information content (AvgIpc) is 3.01. The maximum absolute atomic E-state index is 4.49. The lowest BCUT2D eigenvalue weighted by Crippen LogP contribution is -2.20. The van der Waals surface area contributed by atoms with Gasteiger partial charge in [0.1, 0.15) is 17.0 Å². The van der Waals surface area contributed by atoms with Crippen molar-refractivity contribution in [2.24, 2.45) is 0 Å². The number of aryl methyl sites for hydroxylation is 2. The Bertz CT molecular complexity index is 797. The fraction of sp³-hybridized carbons (Fsp3) is 0.294. The highest BCUT2D eigenvalue weighted by Crippen LogP contribution is 2.33. The van der Waals surface area contributed by atoms with Crippen LogP contribution in [0.3, 0.4) is 0 Å². The van der Waals surface area contributed by atoms with Gasteiger partial charge in [-0.2, -0.15) is 0 Å². The molecule has 3 aromatic rings. The zero-order valence-electron chi connectivity index (χ0n) is 12.2. The number of nitrogens with one attached hydrogen (secondary N) is 1. The van der Waals surface area contributed by atoms with E-state index in [1.165, 1.54) is 27.0 Å². The highest BCUT2D eigenvalue weighted by molar-refractivity contribution is 7.18. The van der Waals surface area contributed by atoms with E-state index < -0.39 is 0 Å². The predicted octanol–water partition coefficient (Wildman–Crippen LogP) is 3.89. The van der Waals surface area contributed by atoms with Crippen LogP contribution in [0.2, 0.25) is 0 Å². The van der Waals surface area contributed by atoms with Crippen LogP contribution < -0.4 is 5.32 Å². The van der Waals surface area contributed by atoms with E-state index in [0.717, 1.165) is 23.5 Å². The van der Waals surface area contributed by atoms with Crippen molar-refractivity contribution in [2.45, 2.75) is 32.7 Å². The van der Waals surface area contributed by atoms with Crippen molar-refractivity contribution in [3.8, 4) is 0 Å². The normalized spacial score (nSPS) is 14.6. The first-order chi connectivity index (χ1) is 10.2. The van der Waals surface area contributed by atoms with E-state index in [-0.39, 0.29) is 0 Å². The summed E-state index contributed by atoms with van der Waals surface area (Å²) in [6.07, 6.45) is 3.82. The maximum atomic E-state index is 4.49. The Morgan fingerprint density at radius 1 is 1.10 bits per heavy atom. The molecule has 106 valence electrons. The largest absolute Gasteiger partial charge is 0.366 e. The minimum Gasteiger partial charge on any atom is -0.366 e. The molecule has 2 aromatic heterocycles. The minimum absolute atomic E-state index is 0.431. The molecule has 1 aliphatic carbocycles. The number of aromatic nitrogens is 2. The van der Waals surface area contributed by atoms with Gasteiger partial charge in [0.2, 0.25) is 0 Å². The highest BCUT2D eigenvalue weighted by atomic mass is 32.1. The van der Waals surface area contributed by atoms with Crippen LogP contribution >= 0.6 is 11.3 Å². The van der Waals surface area contributed by atoms with Crippen LogP contribution in [-0.4, -0.2) is 16.0 Å². The molecular weight excluding hydrogens is 278 g/mol. The molecule has 1 aromatic carbocycles. The van der Waals surface area contributed by atoms with Gasteiger partial charge in [0.05, 0.1) is 5.39 Å². The third-order valence-electron chi connectivity index (χ3n) is 4.36. The topological polar surface area (TPSA) is 37.8 Å². The molecule has 21 heavy (non-hydrogen) atoms. The lowest BCUT2D eigenvalue weighted by atomic mass is 10.1. The number of thiophene rings is 1. The fourth-order valence-electron chi connectivity index (χ4n) is 3.15. The fourth-order valence-corrected chi connectivity index (χ4v) is 4.14. The summed E-state index contributed by atoms with van der Waals surface area (Å²) in [6.45, 7) is 4.31. The zero-order chi connectivity index (χ0) is 14.4. The first kappa shape index (κ1) is 12.8. The maximum Gasteiger partial charge on any atom is 0.138 e. The summed E-state index contributed by atoms with van der Waals surface area (Å²) in [4.78, 5) is 11.3. The van der Waals surface area contributed by atoms with Gasteiger partial charge in [-0.1, -0.05) is 24.3 Å². The molecule has 0 fully saturated rings. The zero-order valence-corrected chi connectivity index (χ0v) is 13.0. The summed E-state index contributed by atoms with van der Waals surface area (Å²) < 4.78 is 0. The Balaban J connectivity index is 1.67. The van der Waals surface area contributed by atoms with Gasteiger partial charge in [-0.3, -0.25) is 0 Å². The molecule has 0 saturated heterocycles. The molecule has 0 unspecified atom stereocenters. The third-order valence-corrected chi connectivity index (χ3v) is 5.47. The highest BCUT2D eigenvalue weighted by Gasteiger charge is 2.22. The first-order valence-electron chi connectivity index (χ1n) is 7.26. The van der Waals surface area contributed by atoms with Crippen LogP contribution in [0.15, 0.2) is 30.6 Å². The average molecular weight is 295 g/mol. The summed E-state index contributed by atoms with van der Waals surface area (Å²) >= 11 is 1.75. The summed E-state index contributed by atoms with van der Waals surface area (Å²) in [5.41, 5.74) is 4.21.